The molecule has 0 radical (unpaired) electrons. The zero-order valence-corrected chi connectivity index (χ0v) is 13.1. The number of carbonyl (C=O) groups is 1. The number of urea groups is 1. The van der Waals surface area contributed by atoms with E-state index in [0.717, 1.165) is 0 Å². The van der Waals surface area contributed by atoms with Crippen LogP contribution in [0.3, 0.4) is 0 Å². The number of hydrogen-bond acceptors (Lipinski definition) is 4. The molecule has 0 aliphatic carbocycles. The Kier molecular flexibility index (Phi) is 4.95. The van der Waals surface area contributed by atoms with E-state index in [2.05, 4.69) is 10.6 Å². The molecule has 1 heterocycles. The molecule has 0 aromatic heterocycles. The second-order valence-corrected chi connectivity index (χ2v) is 7.59. The van der Waals surface area contributed by atoms with Gasteiger partial charge in [-0.05, 0) is 30.5 Å². The normalized spacial score (nSPS) is 20.0. The SMILES string of the molecule is COc1ccc(NC(=O)NCC2CCS(=O)(=O)C2)cc1Cl. The smallest absolute Gasteiger partial charge is 0.319 e. The van der Waals surface area contributed by atoms with Crippen LogP contribution in [0.2, 0.25) is 5.02 Å². The zero-order chi connectivity index (χ0) is 15.5. The quantitative estimate of drug-likeness (QED) is 0.882. The van der Waals surface area contributed by atoms with Crippen molar-refractivity contribution in [3.05, 3.63) is 23.2 Å². The summed E-state index contributed by atoms with van der Waals surface area (Å²) in [5.74, 6) is 0.857. The van der Waals surface area contributed by atoms with Gasteiger partial charge in [0.2, 0.25) is 0 Å². The first-order valence-electron chi connectivity index (χ1n) is 6.48. The molecule has 1 atom stereocenters. The topological polar surface area (TPSA) is 84.5 Å². The molecule has 1 fully saturated rings. The minimum atomic E-state index is -2.92. The summed E-state index contributed by atoms with van der Waals surface area (Å²) in [6, 6.07) is 4.52. The summed E-state index contributed by atoms with van der Waals surface area (Å²) in [5, 5.41) is 5.71. The Morgan fingerprint density at radius 3 is 2.81 bits per heavy atom. The van der Waals surface area contributed by atoms with Gasteiger partial charge >= 0.3 is 6.03 Å². The van der Waals surface area contributed by atoms with Gasteiger partial charge in [-0.2, -0.15) is 0 Å². The first kappa shape index (κ1) is 15.9. The molecule has 2 amide bonds. The Morgan fingerprint density at radius 2 is 2.24 bits per heavy atom. The van der Waals surface area contributed by atoms with Crippen LogP contribution in [0.4, 0.5) is 10.5 Å². The first-order chi connectivity index (χ1) is 9.89. The molecule has 1 saturated heterocycles. The molecule has 0 saturated carbocycles. The molecule has 2 rings (SSSR count). The predicted octanol–water partition coefficient (Wildman–Crippen LogP) is 1.90. The summed E-state index contributed by atoms with van der Waals surface area (Å²) < 4.78 is 27.7. The van der Waals surface area contributed by atoms with E-state index in [9.17, 15) is 13.2 Å². The maximum absolute atomic E-state index is 11.8. The van der Waals surface area contributed by atoms with E-state index < -0.39 is 9.84 Å². The third-order valence-electron chi connectivity index (χ3n) is 3.29. The lowest BCUT2D eigenvalue weighted by Gasteiger charge is -2.11. The van der Waals surface area contributed by atoms with Crippen LogP contribution in [0.5, 0.6) is 5.75 Å². The highest BCUT2D eigenvalue weighted by Crippen LogP contribution is 2.27. The zero-order valence-electron chi connectivity index (χ0n) is 11.6. The van der Waals surface area contributed by atoms with Gasteiger partial charge in [-0.1, -0.05) is 11.6 Å². The lowest BCUT2D eigenvalue weighted by atomic mass is 10.1. The first-order valence-corrected chi connectivity index (χ1v) is 8.68. The maximum Gasteiger partial charge on any atom is 0.319 e. The molecular formula is C13H17ClN2O4S. The summed E-state index contributed by atoms with van der Waals surface area (Å²) in [4.78, 5) is 11.8. The number of amides is 2. The Balaban J connectivity index is 1.83. The molecule has 8 heteroatoms. The fourth-order valence-electron chi connectivity index (χ4n) is 2.19. The summed E-state index contributed by atoms with van der Waals surface area (Å²) in [5.41, 5.74) is 0.539. The Morgan fingerprint density at radius 1 is 1.48 bits per heavy atom. The number of nitrogens with one attached hydrogen (secondary N) is 2. The van der Waals surface area contributed by atoms with Crippen molar-refractivity contribution in [1.29, 1.82) is 0 Å². The number of carbonyl (C=O) groups excluding carboxylic acids is 1. The average Bonchev–Trinajstić information content (AvgIpc) is 2.76. The van der Waals surface area contributed by atoms with Gasteiger partial charge < -0.3 is 15.4 Å². The molecule has 1 aromatic carbocycles. The van der Waals surface area contributed by atoms with E-state index in [-0.39, 0.29) is 23.5 Å². The molecule has 116 valence electrons. The maximum atomic E-state index is 11.8. The summed E-state index contributed by atoms with van der Waals surface area (Å²) in [7, 11) is -1.41. The van der Waals surface area contributed by atoms with Crippen LogP contribution in [-0.4, -0.2) is 39.6 Å². The average molecular weight is 333 g/mol. The Bertz CT molecular complexity index is 633. The van der Waals surface area contributed by atoms with Gasteiger partial charge in [0, 0.05) is 12.2 Å². The number of rotatable bonds is 4. The van der Waals surface area contributed by atoms with E-state index in [1.54, 1.807) is 18.2 Å². The largest absolute Gasteiger partial charge is 0.495 e. The van der Waals surface area contributed by atoms with Crippen molar-refractivity contribution in [2.45, 2.75) is 6.42 Å². The predicted molar refractivity (Wildman–Crippen MR) is 81.8 cm³/mol. The molecule has 21 heavy (non-hydrogen) atoms. The molecule has 0 spiro atoms. The van der Waals surface area contributed by atoms with Crippen molar-refractivity contribution in [2.75, 3.05) is 30.5 Å². The van der Waals surface area contributed by atoms with E-state index in [1.165, 1.54) is 7.11 Å². The highest BCUT2D eigenvalue weighted by Gasteiger charge is 2.27. The standard InChI is InChI=1S/C13H17ClN2O4S/c1-20-12-3-2-10(6-11(12)14)16-13(17)15-7-9-4-5-21(18,19)8-9/h2-3,6,9H,4-5,7-8H2,1H3,(H2,15,16,17). The Hall–Kier alpha value is -1.47. The molecular weight excluding hydrogens is 316 g/mol. The van der Waals surface area contributed by atoms with Crippen LogP contribution in [0.25, 0.3) is 0 Å². The second kappa shape index (κ2) is 6.53. The molecule has 2 N–H and O–H groups in total. The van der Waals surface area contributed by atoms with Crippen LogP contribution < -0.4 is 15.4 Å². The monoisotopic (exact) mass is 332 g/mol. The lowest BCUT2D eigenvalue weighted by Crippen LogP contribution is -2.33. The molecule has 6 nitrogen and oxygen atoms in total. The highest BCUT2D eigenvalue weighted by molar-refractivity contribution is 7.91. The van der Waals surface area contributed by atoms with E-state index in [4.69, 9.17) is 16.3 Å². The third kappa shape index (κ3) is 4.50. The van der Waals surface area contributed by atoms with Crippen molar-refractivity contribution in [1.82, 2.24) is 5.32 Å². The fraction of sp³-hybridized carbons (Fsp3) is 0.462. The minimum Gasteiger partial charge on any atom is -0.495 e. The number of ether oxygens (including phenoxy) is 1. The van der Waals surface area contributed by atoms with Gasteiger partial charge in [0.15, 0.2) is 9.84 Å². The van der Waals surface area contributed by atoms with Gasteiger partial charge in [-0.15, -0.1) is 0 Å². The number of halogens is 1. The highest BCUT2D eigenvalue weighted by atomic mass is 35.5. The van der Waals surface area contributed by atoms with Crippen LogP contribution >= 0.6 is 11.6 Å². The number of sulfone groups is 1. The lowest BCUT2D eigenvalue weighted by molar-refractivity contribution is 0.250. The number of hydrogen-bond donors (Lipinski definition) is 2. The van der Waals surface area contributed by atoms with Crippen LogP contribution in [0.15, 0.2) is 18.2 Å². The van der Waals surface area contributed by atoms with Gasteiger partial charge in [0.05, 0.1) is 23.6 Å². The van der Waals surface area contributed by atoms with Crippen molar-refractivity contribution in [2.24, 2.45) is 5.92 Å². The number of methoxy groups -OCH3 is 1. The van der Waals surface area contributed by atoms with E-state index >= 15 is 0 Å². The van der Waals surface area contributed by atoms with Crippen molar-refractivity contribution in [3.63, 3.8) is 0 Å². The van der Waals surface area contributed by atoms with Gasteiger partial charge in [-0.3, -0.25) is 0 Å². The molecule has 0 bridgehead atoms. The summed E-state index contributed by atoms with van der Waals surface area (Å²) in [6.45, 7) is 0.342. The second-order valence-electron chi connectivity index (χ2n) is 4.95. The fourth-order valence-corrected chi connectivity index (χ4v) is 4.31. The molecule has 1 aromatic rings. The van der Waals surface area contributed by atoms with Gasteiger partial charge in [-0.25, -0.2) is 13.2 Å². The van der Waals surface area contributed by atoms with Crippen molar-refractivity contribution in [3.8, 4) is 5.75 Å². The van der Waals surface area contributed by atoms with Gasteiger partial charge in [0.25, 0.3) is 0 Å². The summed E-state index contributed by atoms with van der Waals surface area (Å²) in [6.07, 6.45) is 0.594. The van der Waals surface area contributed by atoms with Crippen LogP contribution in [0.1, 0.15) is 6.42 Å². The molecule has 1 unspecified atom stereocenters. The van der Waals surface area contributed by atoms with Gasteiger partial charge in [0.1, 0.15) is 5.75 Å². The number of anilines is 1. The molecule has 1 aliphatic heterocycles. The van der Waals surface area contributed by atoms with E-state index in [1.807, 2.05) is 0 Å². The third-order valence-corrected chi connectivity index (χ3v) is 5.42. The van der Waals surface area contributed by atoms with E-state index in [0.29, 0.717) is 29.4 Å². The number of benzene rings is 1. The van der Waals surface area contributed by atoms with Crippen molar-refractivity contribution >= 4 is 33.2 Å². The van der Waals surface area contributed by atoms with Crippen molar-refractivity contribution < 1.29 is 17.9 Å². The molecule has 1 aliphatic rings. The summed E-state index contributed by atoms with van der Waals surface area (Å²) >= 11 is 5.96. The van der Waals surface area contributed by atoms with Crippen LogP contribution in [-0.2, 0) is 9.84 Å². The Labute approximate surface area is 128 Å². The minimum absolute atomic E-state index is 0.0137. The van der Waals surface area contributed by atoms with Crippen LogP contribution in [0, 0.1) is 5.92 Å².